The van der Waals surface area contributed by atoms with Gasteiger partial charge in [0.2, 0.25) is 0 Å². The minimum atomic E-state index is -0.715. The van der Waals surface area contributed by atoms with Gasteiger partial charge >= 0.3 is 0 Å². The van der Waals surface area contributed by atoms with Gasteiger partial charge in [0, 0.05) is 12.1 Å². The molecule has 7 rings (SSSR count). The van der Waals surface area contributed by atoms with E-state index >= 15 is 0 Å². The topological polar surface area (TPSA) is 41.5 Å². The Kier molecular flexibility index (Phi) is 9.95. The summed E-state index contributed by atoms with van der Waals surface area (Å²) in [6, 6.07) is 10.1. The minimum absolute atomic E-state index is 0.0632. The fourth-order valence-corrected chi connectivity index (χ4v) is 14.5. The number of halogens is 1. The number of ether oxygens (including phenoxy) is 1. The van der Waals surface area contributed by atoms with Crippen molar-refractivity contribution in [2.45, 2.75) is 150 Å². The second-order valence-electron chi connectivity index (χ2n) is 21.1. The Bertz CT molecular complexity index is 1630. The van der Waals surface area contributed by atoms with Gasteiger partial charge in [0.25, 0.3) is 0 Å². The van der Waals surface area contributed by atoms with Gasteiger partial charge in [0.1, 0.15) is 13.3 Å². The van der Waals surface area contributed by atoms with Crippen molar-refractivity contribution < 1.29 is 14.2 Å². The Labute approximate surface area is 322 Å². The minimum Gasteiger partial charge on any atom is -0.493 e. The zero-order valence-corrected chi connectivity index (χ0v) is 34.7. The van der Waals surface area contributed by atoms with E-state index in [1.807, 2.05) is 44.2 Å². The molecule has 1 aromatic carbocycles. The maximum absolute atomic E-state index is 14.9. The summed E-state index contributed by atoms with van der Waals surface area (Å²) >= 11 is 0. The van der Waals surface area contributed by atoms with Crippen LogP contribution in [0.4, 0.5) is 4.39 Å². The average Bonchev–Trinajstić information content (AvgIpc) is 3.50. The summed E-state index contributed by atoms with van der Waals surface area (Å²) in [5.41, 5.74) is 5.06. The number of allylic oxidation sites excluding steroid dienone is 6. The molecule has 0 spiro atoms. The van der Waals surface area contributed by atoms with Crippen molar-refractivity contribution in [3.8, 4) is 0 Å². The monoisotopic (exact) mass is 726 g/mol. The van der Waals surface area contributed by atoms with Crippen molar-refractivity contribution in [1.82, 2.24) is 5.32 Å². The summed E-state index contributed by atoms with van der Waals surface area (Å²) in [6.45, 7) is 28.9. The van der Waals surface area contributed by atoms with E-state index in [0.29, 0.717) is 54.9 Å². The van der Waals surface area contributed by atoms with Gasteiger partial charge in [-0.05, 0) is 166 Å². The average molecular weight is 726 g/mol. The Morgan fingerprint density at radius 1 is 0.887 bits per heavy atom. The molecule has 0 saturated heterocycles. The van der Waals surface area contributed by atoms with Crippen LogP contribution in [0.25, 0.3) is 0 Å². The number of fused-ring (bicyclic) bond motifs is 7. The Morgan fingerprint density at radius 3 is 2.26 bits per heavy atom. The van der Waals surface area contributed by atoms with Crippen molar-refractivity contribution in [1.29, 1.82) is 0 Å². The lowest BCUT2D eigenvalue weighted by Gasteiger charge is -2.72. The van der Waals surface area contributed by atoms with E-state index in [-0.39, 0.29) is 27.2 Å². The second-order valence-corrected chi connectivity index (χ2v) is 21.1. The largest absolute Gasteiger partial charge is 0.493 e. The number of aliphatic hydroxyl groups is 1. The third-order valence-electron chi connectivity index (χ3n) is 17.6. The molecular formula is C49H72FNO2. The van der Waals surface area contributed by atoms with Crippen molar-refractivity contribution >= 4 is 0 Å². The van der Waals surface area contributed by atoms with Crippen LogP contribution in [0.1, 0.15) is 138 Å². The fourth-order valence-electron chi connectivity index (χ4n) is 14.5. The zero-order valence-electron chi connectivity index (χ0n) is 34.7. The molecule has 0 bridgehead atoms. The summed E-state index contributed by atoms with van der Waals surface area (Å²) in [6.07, 6.45) is 18.5. The number of rotatable bonds is 10. The van der Waals surface area contributed by atoms with E-state index in [1.165, 1.54) is 68.1 Å². The Hall–Kier alpha value is -2.17. The van der Waals surface area contributed by atoms with Crippen LogP contribution in [-0.4, -0.2) is 29.5 Å². The third kappa shape index (κ3) is 6.18. The highest BCUT2D eigenvalue weighted by molar-refractivity contribution is 5.42. The van der Waals surface area contributed by atoms with Crippen LogP contribution in [0, 0.1) is 56.7 Å². The molecule has 2 N–H and O–H groups in total. The standard InChI is InChI=1S/C49H72FNO2/c1-33(2)37-20-27-49(51-32-43(4,5)52)29-28-46(9)39(42(37)49)16-17-41-45(8)23-21-38(44(6,7)40(45)22-24-47(41,46)10)36-18-25-48(31-50,26-19-36)34(3)53-30-35-14-12-11-13-15-35/h11-15,18,21,37,39-42,51-52H,1,3,16-17,19-20,22-32H2,2,4-10H3/t37-,39+,40-,41+,42+,45-,46+,47+,48-,49-/m0/s1. The van der Waals surface area contributed by atoms with Crippen LogP contribution in [0.5, 0.6) is 0 Å². The number of hydrogen-bond acceptors (Lipinski definition) is 3. The molecule has 4 saturated carbocycles. The molecule has 292 valence electrons. The van der Waals surface area contributed by atoms with Gasteiger partial charge in [-0.15, -0.1) is 0 Å². The molecule has 10 atom stereocenters. The number of alkyl halides is 1. The highest BCUT2D eigenvalue weighted by atomic mass is 19.1. The first-order valence-corrected chi connectivity index (χ1v) is 21.3. The van der Waals surface area contributed by atoms with E-state index in [4.69, 9.17) is 4.74 Å². The Balaban J connectivity index is 1.13. The van der Waals surface area contributed by atoms with Gasteiger partial charge in [-0.3, -0.25) is 0 Å². The van der Waals surface area contributed by atoms with Crippen LogP contribution in [-0.2, 0) is 11.3 Å². The first-order chi connectivity index (χ1) is 24.9. The first kappa shape index (κ1) is 39.1. The SMILES string of the molecule is C=C(C)[C@@H]1CC[C@]2(NCC(C)(C)O)CC[C@]3(C)[C@H](CC[C@@H]4[C@@]5(C)CC=C(C6=CC[C@](CF)(C(=C)OCc7ccccc7)CC6)C(C)(C)[C@@H]5CC[C@]43C)[C@@H]12. The highest BCUT2D eigenvalue weighted by Crippen LogP contribution is 2.76. The summed E-state index contributed by atoms with van der Waals surface area (Å²) < 4.78 is 21.0. The van der Waals surface area contributed by atoms with E-state index in [1.54, 1.807) is 0 Å². The Morgan fingerprint density at radius 2 is 1.62 bits per heavy atom. The van der Waals surface area contributed by atoms with Crippen molar-refractivity contribution in [2.24, 2.45) is 56.7 Å². The fraction of sp³-hybridized carbons (Fsp3) is 0.714. The van der Waals surface area contributed by atoms with Crippen molar-refractivity contribution in [3.05, 3.63) is 83.7 Å². The quantitative estimate of drug-likeness (QED) is 0.186. The first-order valence-electron chi connectivity index (χ1n) is 21.3. The lowest BCUT2D eigenvalue weighted by atomic mass is 9.33. The highest BCUT2D eigenvalue weighted by Gasteiger charge is 2.70. The van der Waals surface area contributed by atoms with Gasteiger partial charge in [0.05, 0.1) is 16.8 Å². The summed E-state index contributed by atoms with van der Waals surface area (Å²) in [5, 5.41) is 14.8. The maximum atomic E-state index is 14.9. The molecule has 0 radical (unpaired) electrons. The van der Waals surface area contributed by atoms with Gasteiger partial charge < -0.3 is 15.2 Å². The van der Waals surface area contributed by atoms with Crippen LogP contribution < -0.4 is 5.32 Å². The molecule has 0 amide bonds. The molecule has 4 fully saturated rings. The molecule has 53 heavy (non-hydrogen) atoms. The van der Waals surface area contributed by atoms with Crippen molar-refractivity contribution in [3.63, 3.8) is 0 Å². The predicted octanol–water partition coefficient (Wildman–Crippen LogP) is 12.1. The zero-order chi connectivity index (χ0) is 38.2. The summed E-state index contributed by atoms with van der Waals surface area (Å²) in [7, 11) is 0. The summed E-state index contributed by atoms with van der Waals surface area (Å²) in [4.78, 5) is 0. The van der Waals surface area contributed by atoms with E-state index in [9.17, 15) is 9.50 Å². The van der Waals surface area contributed by atoms with Crippen LogP contribution in [0.3, 0.4) is 0 Å². The molecule has 0 unspecified atom stereocenters. The third-order valence-corrected chi connectivity index (χ3v) is 17.6. The number of hydrogen-bond donors (Lipinski definition) is 2. The van der Waals surface area contributed by atoms with E-state index in [2.05, 4.69) is 72.2 Å². The van der Waals surface area contributed by atoms with Gasteiger partial charge in [-0.1, -0.05) is 95.8 Å². The second kappa shape index (κ2) is 13.5. The van der Waals surface area contributed by atoms with Crippen LogP contribution >= 0.6 is 0 Å². The molecule has 0 aromatic heterocycles. The maximum Gasteiger partial charge on any atom is 0.113 e. The molecule has 4 heteroatoms. The molecule has 0 aliphatic heterocycles. The molecule has 6 aliphatic rings. The summed E-state index contributed by atoms with van der Waals surface area (Å²) in [5.74, 6) is 3.74. The van der Waals surface area contributed by atoms with Gasteiger partial charge in [-0.2, -0.15) is 0 Å². The van der Waals surface area contributed by atoms with E-state index in [0.717, 1.165) is 24.8 Å². The van der Waals surface area contributed by atoms with Gasteiger partial charge in [-0.25, -0.2) is 4.39 Å². The normalized spacial score (nSPS) is 41.9. The van der Waals surface area contributed by atoms with E-state index < -0.39 is 17.7 Å². The number of benzene rings is 1. The molecule has 0 heterocycles. The smallest absolute Gasteiger partial charge is 0.113 e. The lowest BCUT2D eigenvalue weighted by Crippen LogP contribution is -2.68. The lowest BCUT2D eigenvalue weighted by molar-refractivity contribution is -0.221. The van der Waals surface area contributed by atoms with Gasteiger partial charge in [0.15, 0.2) is 0 Å². The number of nitrogens with one attached hydrogen (secondary N) is 1. The molecule has 3 nitrogen and oxygen atoms in total. The molecule has 1 aromatic rings. The van der Waals surface area contributed by atoms with Crippen molar-refractivity contribution in [2.75, 3.05) is 13.2 Å². The molecular weight excluding hydrogens is 654 g/mol. The van der Waals surface area contributed by atoms with Crippen LogP contribution in [0.15, 0.2) is 78.1 Å². The molecule has 6 aliphatic carbocycles. The van der Waals surface area contributed by atoms with Crippen LogP contribution in [0.2, 0.25) is 0 Å². The predicted molar refractivity (Wildman–Crippen MR) is 218 cm³/mol. The number of β-amino-alcohol motifs (C(OH)–C–C–N with tert-alkyl or cyclic N) is 1.